The fraction of sp³-hybridized carbons (Fsp3) is 0.300. The van der Waals surface area contributed by atoms with Crippen molar-refractivity contribution >= 4 is 44.8 Å². The minimum Gasteiger partial charge on any atom is -0.324 e. The third kappa shape index (κ3) is 4.80. The van der Waals surface area contributed by atoms with Gasteiger partial charge in [-0.3, -0.25) is 9.59 Å². The largest absolute Gasteiger partial charge is 0.324 e. The van der Waals surface area contributed by atoms with Gasteiger partial charge < -0.3 is 10.2 Å². The van der Waals surface area contributed by atoms with E-state index in [-0.39, 0.29) is 40.5 Å². The molecule has 1 aliphatic rings. The van der Waals surface area contributed by atoms with E-state index in [0.717, 1.165) is 11.6 Å². The van der Waals surface area contributed by atoms with E-state index in [1.54, 1.807) is 17.0 Å². The molecule has 0 aromatic heterocycles. The molecule has 30 heavy (non-hydrogen) atoms. The molecule has 0 fully saturated rings. The number of carbonyl (C=O) groups is 2. The van der Waals surface area contributed by atoms with Crippen LogP contribution in [0.25, 0.3) is 0 Å². The van der Waals surface area contributed by atoms with Crippen molar-refractivity contribution in [3.63, 3.8) is 0 Å². The first-order valence-electron chi connectivity index (χ1n) is 9.26. The number of hydrogen-bond acceptors (Lipinski definition) is 4. The summed E-state index contributed by atoms with van der Waals surface area (Å²) in [6.07, 6.45) is 0.384. The molecule has 0 radical (unpaired) electrons. The van der Waals surface area contributed by atoms with E-state index in [9.17, 15) is 22.4 Å². The van der Waals surface area contributed by atoms with Gasteiger partial charge in [-0.15, -0.1) is 0 Å². The summed E-state index contributed by atoms with van der Waals surface area (Å²) in [5.41, 5.74) is 1.45. The van der Waals surface area contributed by atoms with Gasteiger partial charge in [0.25, 0.3) is 0 Å². The smallest absolute Gasteiger partial charge is 0.240 e. The Kier molecular flexibility index (Phi) is 6.44. The molecule has 10 heteroatoms. The van der Waals surface area contributed by atoms with Crippen molar-refractivity contribution in [2.24, 2.45) is 0 Å². The first-order valence-corrected chi connectivity index (χ1v) is 11.1. The van der Waals surface area contributed by atoms with Gasteiger partial charge in [-0.1, -0.05) is 11.6 Å². The number of fused-ring (bicyclic) bond motifs is 1. The molecule has 160 valence electrons. The SMILES string of the molecule is CC(=O)N1c2ccc(S(=O)(=O)NCCC(=O)Nc3ccc(Cl)cc3F)cc2CC1C. The predicted molar refractivity (Wildman–Crippen MR) is 113 cm³/mol. The van der Waals surface area contributed by atoms with Crippen LogP contribution < -0.4 is 14.9 Å². The second-order valence-corrected chi connectivity index (χ2v) is 9.26. The second kappa shape index (κ2) is 8.71. The maximum atomic E-state index is 13.7. The van der Waals surface area contributed by atoms with Crippen molar-refractivity contribution in [2.75, 3.05) is 16.8 Å². The number of carbonyl (C=O) groups excluding carboxylic acids is 2. The van der Waals surface area contributed by atoms with E-state index >= 15 is 0 Å². The number of benzene rings is 2. The first-order chi connectivity index (χ1) is 14.1. The van der Waals surface area contributed by atoms with E-state index in [0.29, 0.717) is 12.1 Å². The number of anilines is 2. The minimum absolute atomic E-state index is 0.0324. The van der Waals surface area contributed by atoms with E-state index in [1.807, 2.05) is 6.92 Å². The molecule has 1 unspecified atom stereocenters. The summed E-state index contributed by atoms with van der Waals surface area (Å²) in [5, 5.41) is 2.58. The Balaban J connectivity index is 1.61. The Morgan fingerprint density at radius 1 is 1.23 bits per heavy atom. The lowest BCUT2D eigenvalue weighted by Gasteiger charge is -2.20. The average molecular weight is 454 g/mol. The van der Waals surface area contributed by atoms with Gasteiger partial charge in [0.1, 0.15) is 5.82 Å². The van der Waals surface area contributed by atoms with Crippen LogP contribution >= 0.6 is 11.6 Å². The molecule has 3 rings (SSSR count). The molecule has 2 aromatic rings. The fourth-order valence-electron chi connectivity index (χ4n) is 3.44. The van der Waals surface area contributed by atoms with Crippen LogP contribution in [0.3, 0.4) is 0 Å². The van der Waals surface area contributed by atoms with Gasteiger partial charge in [0.2, 0.25) is 21.8 Å². The lowest BCUT2D eigenvalue weighted by Crippen LogP contribution is -2.33. The van der Waals surface area contributed by atoms with Crippen molar-refractivity contribution in [2.45, 2.75) is 37.6 Å². The zero-order chi connectivity index (χ0) is 22.1. The Hall–Kier alpha value is -2.49. The topological polar surface area (TPSA) is 95.6 Å². The summed E-state index contributed by atoms with van der Waals surface area (Å²) in [7, 11) is -3.84. The van der Waals surface area contributed by atoms with Gasteiger partial charge in [0, 0.05) is 36.6 Å². The minimum atomic E-state index is -3.84. The molecule has 0 spiro atoms. The van der Waals surface area contributed by atoms with Crippen LogP contribution in [0, 0.1) is 5.82 Å². The van der Waals surface area contributed by atoms with Crippen molar-refractivity contribution in [3.05, 3.63) is 52.8 Å². The number of nitrogens with one attached hydrogen (secondary N) is 2. The zero-order valence-electron chi connectivity index (χ0n) is 16.4. The van der Waals surface area contributed by atoms with Crippen molar-refractivity contribution in [1.82, 2.24) is 4.72 Å². The maximum Gasteiger partial charge on any atom is 0.240 e. The number of sulfonamides is 1. The summed E-state index contributed by atoms with van der Waals surface area (Å²) < 4.78 is 41.2. The van der Waals surface area contributed by atoms with Crippen LogP contribution in [0.4, 0.5) is 15.8 Å². The fourth-order valence-corrected chi connectivity index (χ4v) is 4.68. The van der Waals surface area contributed by atoms with Crippen LogP contribution in [-0.2, 0) is 26.0 Å². The lowest BCUT2D eigenvalue weighted by atomic mass is 10.1. The van der Waals surface area contributed by atoms with E-state index in [4.69, 9.17) is 11.6 Å². The number of hydrogen-bond donors (Lipinski definition) is 2. The standard InChI is InChI=1S/C20H21ClFN3O4S/c1-12-9-14-10-16(4-6-19(14)25(12)13(2)26)30(28,29)23-8-7-20(27)24-18-5-3-15(21)11-17(18)22/h3-6,10-12,23H,7-9H2,1-2H3,(H,24,27). The highest BCUT2D eigenvalue weighted by Gasteiger charge is 2.30. The van der Waals surface area contributed by atoms with Gasteiger partial charge in [-0.25, -0.2) is 17.5 Å². The molecule has 2 aromatic carbocycles. The molecular formula is C20H21ClFN3O4S. The first kappa shape index (κ1) is 22.2. The Labute approximate surface area is 179 Å². The Bertz CT molecular complexity index is 1110. The predicted octanol–water partition coefficient (Wildman–Crippen LogP) is 3.08. The molecule has 1 heterocycles. The third-order valence-corrected chi connectivity index (χ3v) is 6.46. The quantitative estimate of drug-likeness (QED) is 0.702. The Morgan fingerprint density at radius 3 is 2.63 bits per heavy atom. The molecule has 0 bridgehead atoms. The molecular weight excluding hydrogens is 433 g/mol. The molecule has 0 aliphatic carbocycles. The van der Waals surface area contributed by atoms with Crippen molar-refractivity contribution in [1.29, 1.82) is 0 Å². The second-order valence-electron chi connectivity index (χ2n) is 7.05. The summed E-state index contributed by atoms with van der Waals surface area (Å²) in [5.74, 6) is -1.32. The monoisotopic (exact) mass is 453 g/mol. The summed E-state index contributed by atoms with van der Waals surface area (Å²) >= 11 is 5.66. The van der Waals surface area contributed by atoms with E-state index in [2.05, 4.69) is 10.0 Å². The molecule has 1 atom stereocenters. The number of nitrogens with zero attached hydrogens (tertiary/aromatic N) is 1. The summed E-state index contributed by atoms with van der Waals surface area (Å²) in [6.45, 7) is 3.21. The molecule has 7 nitrogen and oxygen atoms in total. The van der Waals surface area contributed by atoms with Crippen LogP contribution in [-0.4, -0.2) is 32.8 Å². The van der Waals surface area contributed by atoms with Crippen LogP contribution in [0.1, 0.15) is 25.8 Å². The van der Waals surface area contributed by atoms with Crippen molar-refractivity contribution < 1.29 is 22.4 Å². The third-order valence-electron chi connectivity index (χ3n) is 4.77. The maximum absolute atomic E-state index is 13.7. The van der Waals surface area contributed by atoms with Crippen LogP contribution in [0.2, 0.25) is 5.02 Å². The van der Waals surface area contributed by atoms with Gasteiger partial charge in [0.05, 0.1) is 10.6 Å². The summed E-state index contributed by atoms with van der Waals surface area (Å²) in [4.78, 5) is 25.5. The highest BCUT2D eigenvalue weighted by atomic mass is 35.5. The molecule has 0 saturated carbocycles. The zero-order valence-corrected chi connectivity index (χ0v) is 18.0. The van der Waals surface area contributed by atoms with Gasteiger partial charge in [0.15, 0.2) is 0 Å². The van der Waals surface area contributed by atoms with Crippen LogP contribution in [0.5, 0.6) is 0 Å². The van der Waals surface area contributed by atoms with E-state index in [1.165, 1.54) is 25.1 Å². The average Bonchev–Trinajstić information content (AvgIpc) is 2.99. The molecule has 0 saturated heterocycles. The number of amides is 2. The highest BCUT2D eigenvalue weighted by molar-refractivity contribution is 7.89. The normalized spacial score (nSPS) is 15.7. The molecule has 2 N–H and O–H groups in total. The number of halogens is 2. The van der Waals surface area contributed by atoms with Gasteiger partial charge in [-0.2, -0.15) is 0 Å². The van der Waals surface area contributed by atoms with Gasteiger partial charge >= 0.3 is 0 Å². The van der Waals surface area contributed by atoms with Crippen LogP contribution in [0.15, 0.2) is 41.3 Å². The molecule has 2 amide bonds. The van der Waals surface area contributed by atoms with E-state index < -0.39 is 21.7 Å². The van der Waals surface area contributed by atoms with Crippen molar-refractivity contribution in [3.8, 4) is 0 Å². The Morgan fingerprint density at radius 2 is 1.97 bits per heavy atom. The molecule has 1 aliphatic heterocycles. The lowest BCUT2D eigenvalue weighted by molar-refractivity contribution is -0.117. The number of rotatable bonds is 6. The summed E-state index contributed by atoms with van der Waals surface area (Å²) in [6, 6.07) is 8.38. The van der Waals surface area contributed by atoms with Gasteiger partial charge in [-0.05, 0) is 55.3 Å². The highest BCUT2D eigenvalue weighted by Crippen LogP contribution is 2.33.